The highest BCUT2D eigenvalue weighted by molar-refractivity contribution is 7.15. The first-order valence-corrected chi connectivity index (χ1v) is 6.65. The molecule has 1 unspecified atom stereocenters. The number of rotatable bonds is 3. The fourth-order valence-corrected chi connectivity index (χ4v) is 2.92. The molecule has 1 aromatic heterocycles. The van der Waals surface area contributed by atoms with Crippen LogP contribution in [0.15, 0.2) is 42.5 Å². The Morgan fingerprint density at radius 3 is 2.19 bits per heavy atom. The molecule has 0 nitrogen and oxygen atoms in total. The van der Waals surface area contributed by atoms with E-state index < -0.39 is 0 Å². The van der Waals surface area contributed by atoms with Gasteiger partial charge in [0.05, 0.1) is 0 Å². The lowest BCUT2D eigenvalue weighted by Gasteiger charge is -2.12. The predicted octanol–water partition coefficient (Wildman–Crippen LogP) is 5.17. The van der Waals surface area contributed by atoms with Gasteiger partial charge in [0.1, 0.15) is 0 Å². The monoisotopic (exact) mass is 230 g/mol. The fraction of sp³-hybridized carbons (Fsp3) is 0.333. The molecule has 0 amide bonds. The smallest absolute Gasteiger partial charge is 0.0345 e. The van der Waals surface area contributed by atoms with E-state index in [1.165, 1.54) is 15.3 Å². The van der Waals surface area contributed by atoms with Gasteiger partial charge in [-0.15, -0.1) is 11.3 Å². The van der Waals surface area contributed by atoms with Gasteiger partial charge in [0, 0.05) is 9.75 Å². The summed E-state index contributed by atoms with van der Waals surface area (Å²) in [4.78, 5) is 2.87. The minimum Gasteiger partial charge on any atom is -0.140 e. The molecule has 0 aliphatic rings. The predicted molar refractivity (Wildman–Crippen MR) is 73.0 cm³/mol. The molecule has 16 heavy (non-hydrogen) atoms. The lowest BCUT2D eigenvalue weighted by Crippen LogP contribution is -1.98. The van der Waals surface area contributed by atoms with E-state index in [2.05, 4.69) is 63.2 Å². The van der Waals surface area contributed by atoms with Crippen molar-refractivity contribution in [3.63, 3.8) is 0 Å². The zero-order valence-corrected chi connectivity index (χ0v) is 10.9. The number of benzene rings is 1. The van der Waals surface area contributed by atoms with Gasteiger partial charge in [-0.05, 0) is 29.5 Å². The number of hydrogen-bond donors (Lipinski definition) is 0. The molecule has 1 heteroatoms. The van der Waals surface area contributed by atoms with E-state index in [0.29, 0.717) is 11.8 Å². The van der Waals surface area contributed by atoms with Gasteiger partial charge < -0.3 is 0 Å². The van der Waals surface area contributed by atoms with Gasteiger partial charge in [-0.3, -0.25) is 0 Å². The van der Waals surface area contributed by atoms with E-state index in [0.717, 1.165) is 0 Å². The molecule has 0 saturated carbocycles. The molecule has 2 aromatic rings. The molecule has 0 radical (unpaired) electrons. The quantitative estimate of drug-likeness (QED) is 0.682. The van der Waals surface area contributed by atoms with Crippen molar-refractivity contribution in [2.45, 2.75) is 26.7 Å². The van der Waals surface area contributed by atoms with Gasteiger partial charge >= 0.3 is 0 Å². The van der Waals surface area contributed by atoms with Crippen LogP contribution < -0.4 is 0 Å². The van der Waals surface area contributed by atoms with Crippen molar-refractivity contribution < 1.29 is 0 Å². The third kappa shape index (κ3) is 2.35. The fourth-order valence-electron chi connectivity index (χ4n) is 1.68. The van der Waals surface area contributed by atoms with Crippen molar-refractivity contribution in [2.24, 2.45) is 5.92 Å². The van der Waals surface area contributed by atoms with Crippen LogP contribution in [0.5, 0.6) is 0 Å². The Morgan fingerprint density at radius 1 is 0.875 bits per heavy atom. The van der Waals surface area contributed by atoms with Crippen LogP contribution in [0.2, 0.25) is 0 Å². The van der Waals surface area contributed by atoms with Crippen molar-refractivity contribution in [2.75, 3.05) is 0 Å². The Kier molecular flexibility index (Phi) is 3.45. The summed E-state index contributed by atoms with van der Waals surface area (Å²) in [5.74, 6) is 1.37. The molecule has 0 fully saturated rings. The number of thiophene rings is 1. The van der Waals surface area contributed by atoms with Crippen molar-refractivity contribution >= 4 is 11.3 Å². The van der Waals surface area contributed by atoms with Gasteiger partial charge in [-0.2, -0.15) is 0 Å². The maximum absolute atomic E-state index is 2.31. The zero-order chi connectivity index (χ0) is 11.5. The van der Waals surface area contributed by atoms with E-state index in [1.807, 2.05) is 11.3 Å². The SMILES string of the molecule is CC(C)C(C)c1ccc(-c2ccccc2)s1. The standard InChI is InChI=1S/C15H18S/c1-11(2)12(3)14-9-10-15(16-14)13-7-5-4-6-8-13/h4-12H,1-3H3. The van der Waals surface area contributed by atoms with Crippen LogP contribution in [0.1, 0.15) is 31.6 Å². The highest BCUT2D eigenvalue weighted by atomic mass is 32.1. The molecule has 1 heterocycles. The topological polar surface area (TPSA) is 0 Å². The van der Waals surface area contributed by atoms with Crippen LogP contribution in [-0.4, -0.2) is 0 Å². The van der Waals surface area contributed by atoms with Crippen LogP contribution in [0.3, 0.4) is 0 Å². The Labute approximate surface area is 102 Å². The Hall–Kier alpha value is -1.08. The third-order valence-electron chi connectivity index (χ3n) is 3.13. The van der Waals surface area contributed by atoms with Gasteiger partial charge in [0.15, 0.2) is 0 Å². The molecule has 0 N–H and O–H groups in total. The number of hydrogen-bond acceptors (Lipinski definition) is 1. The Bertz CT molecular complexity index is 439. The summed E-state index contributed by atoms with van der Waals surface area (Å²) in [5, 5.41) is 0. The normalized spacial score (nSPS) is 13.0. The molecule has 2 rings (SSSR count). The van der Waals surface area contributed by atoms with E-state index in [-0.39, 0.29) is 0 Å². The maximum Gasteiger partial charge on any atom is 0.0345 e. The largest absolute Gasteiger partial charge is 0.140 e. The summed E-state index contributed by atoms with van der Waals surface area (Å²) >= 11 is 1.92. The average Bonchev–Trinajstić information content (AvgIpc) is 2.78. The second-order valence-corrected chi connectivity index (χ2v) is 5.72. The lowest BCUT2D eigenvalue weighted by atomic mass is 9.97. The highest BCUT2D eigenvalue weighted by Gasteiger charge is 2.12. The Balaban J connectivity index is 2.27. The summed E-state index contributed by atoms with van der Waals surface area (Å²) in [6, 6.07) is 15.1. The van der Waals surface area contributed by atoms with Crippen LogP contribution in [-0.2, 0) is 0 Å². The van der Waals surface area contributed by atoms with Crippen LogP contribution >= 0.6 is 11.3 Å². The van der Waals surface area contributed by atoms with Gasteiger partial charge in [-0.1, -0.05) is 51.1 Å². The van der Waals surface area contributed by atoms with Gasteiger partial charge in [0.2, 0.25) is 0 Å². The first kappa shape index (κ1) is 11.4. The molecule has 0 saturated heterocycles. The average molecular weight is 230 g/mol. The van der Waals surface area contributed by atoms with Crippen LogP contribution in [0.25, 0.3) is 10.4 Å². The van der Waals surface area contributed by atoms with Crippen molar-refractivity contribution in [3.8, 4) is 10.4 Å². The third-order valence-corrected chi connectivity index (χ3v) is 4.47. The Morgan fingerprint density at radius 2 is 1.56 bits per heavy atom. The summed E-state index contributed by atoms with van der Waals surface area (Å²) in [5.41, 5.74) is 1.33. The zero-order valence-electron chi connectivity index (χ0n) is 10.1. The minimum atomic E-state index is 0.655. The first-order valence-electron chi connectivity index (χ1n) is 5.83. The van der Waals surface area contributed by atoms with Gasteiger partial charge in [-0.25, -0.2) is 0 Å². The summed E-state index contributed by atoms with van der Waals surface area (Å²) in [6.07, 6.45) is 0. The highest BCUT2D eigenvalue weighted by Crippen LogP contribution is 2.34. The van der Waals surface area contributed by atoms with Crippen molar-refractivity contribution in [1.29, 1.82) is 0 Å². The second-order valence-electron chi connectivity index (χ2n) is 4.60. The van der Waals surface area contributed by atoms with E-state index in [4.69, 9.17) is 0 Å². The molecular weight excluding hydrogens is 212 g/mol. The van der Waals surface area contributed by atoms with Crippen LogP contribution in [0, 0.1) is 5.92 Å². The molecule has 0 aliphatic heterocycles. The molecule has 0 spiro atoms. The molecule has 0 aliphatic carbocycles. The molecule has 0 bridgehead atoms. The van der Waals surface area contributed by atoms with E-state index in [9.17, 15) is 0 Å². The van der Waals surface area contributed by atoms with Crippen molar-refractivity contribution in [1.82, 2.24) is 0 Å². The van der Waals surface area contributed by atoms with Crippen molar-refractivity contribution in [3.05, 3.63) is 47.3 Å². The second kappa shape index (κ2) is 4.84. The van der Waals surface area contributed by atoms with E-state index in [1.54, 1.807) is 0 Å². The minimum absolute atomic E-state index is 0.655. The summed E-state index contributed by atoms with van der Waals surface area (Å²) < 4.78 is 0. The summed E-state index contributed by atoms with van der Waals surface area (Å²) in [6.45, 7) is 6.88. The molecule has 1 atom stereocenters. The van der Waals surface area contributed by atoms with E-state index >= 15 is 0 Å². The summed E-state index contributed by atoms with van der Waals surface area (Å²) in [7, 11) is 0. The van der Waals surface area contributed by atoms with Gasteiger partial charge in [0.25, 0.3) is 0 Å². The lowest BCUT2D eigenvalue weighted by molar-refractivity contribution is 0.542. The molecule has 1 aromatic carbocycles. The molecular formula is C15H18S. The maximum atomic E-state index is 2.31. The van der Waals surface area contributed by atoms with Crippen LogP contribution in [0.4, 0.5) is 0 Å². The first-order chi connectivity index (χ1) is 7.68. The molecule has 84 valence electrons.